The van der Waals surface area contributed by atoms with Crippen LogP contribution in [0.3, 0.4) is 0 Å². The van der Waals surface area contributed by atoms with Crippen LogP contribution in [0, 0.1) is 12.3 Å². The van der Waals surface area contributed by atoms with Gasteiger partial charge in [-0.25, -0.2) is 8.42 Å². The lowest BCUT2D eigenvalue weighted by Crippen LogP contribution is -2.41. The fourth-order valence-corrected chi connectivity index (χ4v) is 2.41. The number of hydrogen-bond donors (Lipinski definition) is 2. The maximum atomic E-state index is 11.9. The van der Waals surface area contributed by atoms with Crippen LogP contribution in [-0.4, -0.2) is 14.0 Å². The zero-order valence-electron chi connectivity index (χ0n) is 9.19. The first-order valence-corrected chi connectivity index (χ1v) is 6.12. The van der Waals surface area contributed by atoms with Crippen molar-refractivity contribution in [3.63, 3.8) is 0 Å². The van der Waals surface area contributed by atoms with Crippen molar-refractivity contribution >= 4 is 15.7 Å². The third kappa shape index (κ3) is 2.99. The third-order valence-electron chi connectivity index (χ3n) is 1.94. The summed E-state index contributed by atoms with van der Waals surface area (Å²) in [7, 11) is -3.59. The van der Waals surface area contributed by atoms with E-state index < -0.39 is 15.6 Å². The summed E-state index contributed by atoms with van der Waals surface area (Å²) in [6.07, 6.45) is 5.22. The zero-order chi connectivity index (χ0) is 12.4. The highest BCUT2D eigenvalue weighted by molar-refractivity contribution is 7.89. The van der Waals surface area contributed by atoms with E-state index in [4.69, 9.17) is 12.2 Å². The fraction of sp³-hybridized carbons (Fsp3) is 0.273. The molecule has 16 heavy (non-hydrogen) atoms. The van der Waals surface area contributed by atoms with Gasteiger partial charge in [0.1, 0.15) is 0 Å². The molecule has 1 rings (SSSR count). The molecule has 0 radical (unpaired) electrons. The number of nitrogens with one attached hydrogen (secondary N) is 1. The van der Waals surface area contributed by atoms with Crippen LogP contribution in [0.2, 0.25) is 0 Å². The van der Waals surface area contributed by atoms with Gasteiger partial charge in [0.25, 0.3) is 0 Å². The number of nitrogens with two attached hydrogens (primary N) is 1. The highest BCUT2D eigenvalue weighted by Gasteiger charge is 2.23. The molecule has 0 aliphatic heterocycles. The van der Waals surface area contributed by atoms with E-state index in [0.717, 1.165) is 0 Å². The molecule has 0 amide bonds. The minimum absolute atomic E-state index is 0.144. The Labute approximate surface area is 95.9 Å². The number of terminal acetylenes is 1. The molecule has 0 aliphatic carbocycles. The molecule has 1 aromatic rings. The molecule has 0 saturated carbocycles. The highest BCUT2D eigenvalue weighted by Crippen LogP contribution is 2.14. The van der Waals surface area contributed by atoms with Crippen molar-refractivity contribution in [1.82, 2.24) is 4.72 Å². The van der Waals surface area contributed by atoms with Crippen molar-refractivity contribution in [3.8, 4) is 12.3 Å². The van der Waals surface area contributed by atoms with Crippen LogP contribution in [0.15, 0.2) is 29.2 Å². The molecule has 0 spiro atoms. The topological polar surface area (TPSA) is 72.2 Å². The Hall–Kier alpha value is -1.51. The minimum atomic E-state index is -3.59. The smallest absolute Gasteiger partial charge is 0.241 e. The second-order valence-electron chi connectivity index (χ2n) is 3.94. The van der Waals surface area contributed by atoms with E-state index in [0.29, 0.717) is 5.69 Å². The van der Waals surface area contributed by atoms with Crippen LogP contribution in [0.5, 0.6) is 0 Å². The lowest BCUT2D eigenvalue weighted by Gasteiger charge is -2.19. The van der Waals surface area contributed by atoms with E-state index in [-0.39, 0.29) is 4.90 Å². The average Bonchev–Trinajstić information content (AvgIpc) is 2.17. The van der Waals surface area contributed by atoms with Crippen LogP contribution in [0.4, 0.5) is 5.69 Å². The molecule has 3 N–H and O–H groups in total. The maximum Gasteiger partial charge on any atom is 0.241 e. The van der Waals surface area contributed by atoms with Crippen LogP contribution in [0.1, 0.15) is 13.8 Å². The summed E-state index contributed by atoms with van der Waals surface area (Å²) in [4.78, 5) is 0.144. The van der Waals surface area contributed by atoms with Gasteiger partial charge in [0.2, 0.25) is 10.0 Å². The highest BCUT2D eigenvalue weighted by atomic mass is 32.2. The fourth-order valence-electron chi connectivity index (χ4n) is 1.07. The van der Waals surface area contributed by atoms with Crippen LogP contribution in [-0.2, 0) is 10.0 Å². The summed E-state index contributed by atoms with van der Waals surface area (Å²) in [6, 6.07) is 5.92. The number of rotatable bonds is 3. The molecule has 5 heteroatoms. The summed E-state index contributed by atoms with van der Waals surface area (Å²) in [5.41, 5.74) is 5.07. The van der Waals surface area contributed by atoms with Crippen molar-refractivity contribution < 1.29 is 8.42 Å². The molecule has 0 unspecified atom stereocenters. The van der Waals surface area contributed by atoms with Crippen molar-refractivity contribution in [2.24, 2.45) is 0 Å². The van der Waals surface area contributed by atoms with Gasteiger partial charge >= 0.3 is 0 Å². The monoisotopic (exact) mass is 238 g/mol. The quantitative estimate of drug-likeness (QED) is 0.608. The lowest BCUT2D eigenvalue weighted by atomic mass is 10.1. The molecule has 4 nitrogen and oxygen atoms in total. The molecule has 1 aromatic carbocycles. The van der Waals surface area contributed by atoms with Gasteiger partial charge in [-0.3, -0.25) is 0 Å². The molecule has 0 fully saturated rings. The Kier molecular flexibility index (Phi) is 3.27. The van der Waals surface area contributed by atoms with Crippen molar-refractivity contribution in [3.05, 3.63) is 24.3 Å². The van der Waals surface area contributed by atoms with E-state index in [2.05, 4.69) is 10.6 Å². The Morgan fingerprint density at radius 3 is 2.25 bits per heavy atom. The summed E-state index contributed by atoms with van der Waals surface area (Å²) in [6.45, 7) is 3.23. The first-order valence-electron chi connectivity index (χ1n) is 4.64. The van der Waals surface area contributed by atoms with E-state index in [9.17, 15) is 8.42 Å². The molecule has 0 aromatic heterocycles. The molecule has 0 bridgehead atoms. The summed E-state index contributed by atoms with van der Waals surface area (Å²) >= 11 is 0. The number of hydrogen-bond acceptors (Lipinski definition) is 3. The second-order valence-corrected chi connectivity index (χ2v) is 5.63. The van der Waals surface area contributed by atoms with Gasteiger partial charge in [0.15, 0.2) is 0 Å². The average molecular weight is 238 g/mol. The normalized spacial score (nSPS) is 12.1. The van der Waals surface area contributed by atoms with Crippen molar-refractivity contribution in [2.45, 2.75) is 24.3 Å². The molecule has 86 valence electrons. The predicted molar refractivity (Wildman–Crippen MR) is 64.1 cm³/mol. The minimum Gasteiger partial charge on any atom is -0.399 e. The van der Waals surface area contributed by atoms with Gasteiger partial charge < -0.3 is 5.73 Å². The SMILES string of the molecule is C#CC(C)(C)NS(=O)(=O)c1ccc(N)cc1. The predicted octanol–water partition coefficient (Wildman–Crippen LogP) is 0.959. The van der Waals surface area contributed by atoms with Gasteiger partial charge in [-0.1, -0.05) is 5.92 Å². The van der Waals surface area contributed by atoms with E-state index in [1.807, 2.05) is 0 Å². The number of nitrogen functional groups attached to an aromatic ring is 1. The Balaban J connectivity index is 3.05. The molecule has 0 aliphatic rings. The second kappa shape index (κ2) is 4.16. The van der Waals surface area contributed by atoms with Crippen molar-refractivity contribution in [1.29, 1.82) is 0 Å². The summed E-state index contributed by atoms with van der Waals surface area (Å²) in [5.74, 6) is 2.36. The zero-order valence-corrected chi connectivity index (χ0v) is 10.0. The Morgan fingerprint density at radius 1 is 1.31 bits per heavy atom. The molecule has 0 atom stereocenters. The molecular weight excluding hydrogens is 224 g/mol. The maximum absolute atomic E-state index is 11.9. The molecule has 0 heterocycles. The van der Waals surface area contributed by atoms with Crippen LogP contribution in [0.25, 0.3) is 0 Å². The summed E-state index contributed by atoms with van der Waals surface area (Å²) in [5, 5.41) is 0. The van der Waals surface area contributed by atoms with E-state index >= 15 is 0 Å². The van der Waals surface area contributed by atoms with Crippen LogP contribution >= 0.6 is 0 Å². The first kappa shape index (κ1) is 12.6. The number of sulfonamides is 1. The largest absolute Gasteiger partial charge is 0.399 e. The van der Waals surface area contributed by atoms with E-state index in [1.165, 1.54) is 24.3 Å². The Morgan fingerprint density at radius 2 is 1.81 bits per heavy atom. The molecular formula is C11H14N2O2S. The van der Waals surface area contributed by atoms with Crippen molar-refractivity contribution in [2.75, 3.05) is 5.73 Å². The van der Waals surface area contributed by atoms with E-state index in [1.54, 1.807) is 13.8 Å². The van der Waals surface area contributed by atoms with Gasteiger partial charge in [0.05, 0.1) is 10.4 Å². The summed E-state index contributed by atoms with van der Waals surface area (Å²) < 4.78 is 26.2. The number of anilines is 1. The molecule has 0 saturated heterocycles. The Bertz CT molecular complexity index is 510. The third-order valence-corrected chi connectivity index (χ3v) is 3.61. The lowest BCUT2D eigenvalue weighted by molar-refractivity contribution is 0.539. The first-order chi connectivity index (χ1) is 7.27. The van der Waals surface area contributed by atoms with Gasteiger partial charge in [-0.05, 0) is 38.1 Å². The van der Waals surface area contributed by atoms with Gasteiger partial charge in [-0.2, -0.15) is 4.72 Å². The standard InChI is InChI=1S/C11H14N2O2S/c1-4-11(2,3)13-16(14,15)10-7-5-9(12)6-8-10/h1,5-8,13H,12H2,2-3H3. The van der Waals surface area contributed by atoms with Gasteiger partial charge in [-0.15, -0.1) is 6.42 Å². The number of benzene rings is 1. The van der Waals surface area contributed by atoms with Crippen LogP contribution < -0.4 is 10.5 Å². The van der Waals surface area contributed by atoms with Gasteiger partial charge in [0, 0.05) is 5.69 Å².